The van der Waals surface area contributed by atoms with E-state index < -0.39 is 0 Å². The van der Waals surface area contributed by atoms with Crippen molar-refractivity contribution in [2.75, 3.05) is 46.5 Å². The molecule has 2 aliphatic heterocycles. The Bertz CT molecular complexity index is 736. The number of aryl methyl sites for hydroxylation is 1. The van der Waals surface area contributed by atoms with Gasteiger partial charge in [-0.2, -0.15) is 0 Å². The number of hydrogen-bond donors (Lipinski definition) is 0. The molecule has 1 aromatic carbocycles. The van der Waals surface area contributed by atoms with Gasteiger partial charge in [-0.1, -0.05) is 6.07 Å². The Morgan fingerprint density at radius 1 is 1.07 bits per heavy atom. The Morgan fingerprint density at radius 2 is 1.83 bits per heavy atom. The molecule has 4 rings (SSSR count). The Balaban J connectivity index is 1.31. The molecular weight excluding hydrogens is 368 g/mol. The second-order valence-electron chi connectivity index (χ2n) is 8.45. The fourth-order valence-electron chi connectivity index (χ4n) is 4.99. The van der Waals surface area contributed by atoms with Crippen LogP contribution in [0.5, 0.6) is 5.75 Å². The molecule has 6 nitrogen and oxygen atoms in total. The van der Waals surface area contributed by atoms with Crippen LogP contribution in [0.3, 0.4) is 0 Å². The Labute approximate surface area is 173 Å². The quantitative estimate of drug-likeness (QED) is 0.780. The highest BCUT2D eigenvalue weighted by atomic mass is 16.5. The summed E-state index contributed by atoms with van der Waals surface area (Å²) in [6.45, 7) is 4.06. The van der Waals surface area contributed by atoms with Gasteiger partial charge in [0.05, 0.1) is 20.3 Å². The second-order valence-corrected chi connectivity index (χ2v) is 8.45. The first kappa shape index (κ1) is 20.2. The van der Waals surface area contributed by atoms with Crippen LogP contribution in [0.4, 0.5) is 0 Å². The van der Waals surface area contributed by atoms with E-state index in [1.165, 1.54) is 11.1 Å². The summed E-state index contributed by atoms with van der Waals surface area (Å²) in [6.07, 6.45) is 5.37. The summed E-state index contributed by atoms with van der Waals surface area (Å²) in [4.78, 5) is 29.6. The number of carbonyl (C=O) groups excluding carboxylic acids is 2. The molecule has 0 aromatic heterocycles. The number of fused-ring (bicyclic) bond motifs is 1. The van der Waals surface area contributed by atoms with Crippen LogP contribution in [0, 0.1) is 5.92 Å². The van der Waals surface area contributed by atoms with Crippen molar-refractivity contribution in [1.29, 1.82) is 0 Å². The topological polar surface area (TPSA) is 59.1 Å². The number of methoxy groups -OCH3 is 1. The molecule has 158 valence electrons. The summed E-state index contributed by atoms with van der Waals surface area (Å²) in [5, 5.41) is 0. The lowest BCUT2D eigenvalue weighted by Crippen LogP contribution is -2.47. The molecule has 0 radical (unpaired) electrons. The zero-order valence-corrected chi connectivity index (χ0v) is 17.4. The Kier molecular flexibility index (Phi) is 6.38. The van der Waals surface area contributed by atoms with E-state index in [9.17, 15) is 9.59 Å². The summed E-state index contributed by atoms with van der Waals surface area (Å²) in [7, 11) is 1.69. The molecule has 1 aromatic rings. The first-order valence-electron chi connectivity index (χ1n) is 11.0. The van der Waals surface area contributed by atoms with Crippen LogP contribution < -0.4 is 4.74 Å². The monoisotopic (exact) mass is 400 g/mol. The van der Waals surface area contributed by atoms with E-state index in [4.69, 9.17) is 9.47 Å². The smallest absolute Gasteiger partial charge is 0.225 e. The lowest BCUT2D eigenvalue weighted by atomic mass is 9.80. The molecule has 0 spiro atoms. The van der Waals surface area contributed by atoms with Crippen molar-refractivity contribution in [2.24, 2.45) is 5.92 Å². The molecule has 2 heterocycles. The molecular formula is C23H32N2O4. The predicted molar refractivity (Wildman–Crippen MR) is 110 cm³/mol. The first-order valence-corrected chi connectivity index (χ1v) is 11.0. The molecule has 0 bridgehead atoms. The van der Waals surface area contributed by atoms with Crippen LogP contribution in [0.1, 0.15) is 49.1 Å². The number of nitrogens with zero attached hydrogens (tertiary/aromatic N) is 2. The maximum atomic E-state index is 13.0. The largest absolute Gasteiger partial charge is 0.497 e. The van der Waals surface area contributed by atoms with Crippen LogP contribution in [-0.2, 0) is 20.7 Å². The van der Waals surface area contributed by atoms with E-state index in [0.717, 1.165) is 37.9 Å². The minimum atomic E-state index is 0.0556. The van der Waals surface area contributed by atoms with Crippen molar-refractivity contribution in [1.82, 2.24) is 9.80 Å². The lowest BCUT2D eigenvalue weighted by molar-refractivity contribution is -0.143. The normalized spacial score (nSPS) is 22.9. The van der Waals surface area contributed by atoms with Crippen molar-refractivity contribution in [2.45, 2.75) is 44.4 Å². The van der Waals surface area contributed by atoms with Crippen molar-refractivity contribution >= 4 is 11.8 Å². The van der Waals surface area contributed by atoms with Crippen molar-refractivity contribution < 1.29 is 19.1 Å². The summed E-state index contributed by atoms with van der Waals surface area (Å²) in [5.41, 5.74) is 2.63. The van der Waals surface area contributed by atoms with Gasteiger partial charge in [-0.3, -0.25) is 9.59 Å². The summed E-state index contributed by atoms with van der Waals surface area (Å²) < 4.78 is 10.7. The van der Waals surface area contributed by atoms with Gasteiger partial charge in [0.25, 0.3) is 0 Å². The molecule has 3 aliphatic rings. The van der Waals surface area contributed by atoms with Gasteiger partial charge in [-0.25, -0.2) is 0 Å². The van der Waals surface area contributed by atoms with Gasteiger partial charge in [0.1, 0.15) is 5.75 Å². The second kappa shape index (κ2) is 9.16. The molecule has 6 heteroatoms. The number of benzene rings is 1. The van der Waals surface area contributed by atoms with Gasteiger partial charge in [-0.05, 0) is 61.3 Å². The molecule has 29 heavy (non-hydrogen) atoms. The molecule has 2 amide bonds. The minimum Gasteiger partial charge on any atom is -0.497 e. The van der Waals surface area contributed by atoms with Crippen molar-refractivity contribution in [3.05, 3.63) is 29.3 Å². The third-order valence-corrected chi connectivity index (χ3v) is 6.73. The zero-order chi connectivity index (χ0) is 20.2. The van der Waals surface area contributed by atoms with Gasteiger partial charge in [0, 0.05) is 38.5 Å². The van der Waals surface area contributed by atoms with E-state index >= 15 is 0 Å². The van der Waals surface area contributed by atoms with Gasteiger partial charge >= 0.3 is 0 Å². The molecule has 2 fully saturated rings. The number of hydrogen-bond acceptors (Lipinski definition) is 4. The standard InChI is InChI=1S/C23H32N2O4/c1-28-20-5-6-21-18(15-20)3-2-4-19(21)16-22(26)24-9-7-17(8-10-24)23(27)25-11-13-29-14-12-25/h5-6,15,17,19H,2-4,7-14,16H2,1H3. The number of piperidine rings is 1. The third kappa shape index (κ3) is 4.58. The van der Waals surface area contributed by atoms with Crippen molar-refractivity contribution in [3.8, 4) is 5.75 Å². The summed E-state index contributed by atoms with van der Waals surface area (Å²) >= 11 is 0. The number of morpholine rings is 1. The Morgan fingerprint density at radius 3 is 2.55 bits per heavy atom. The number of likely N-dealkylation sites (tertiary alicyclic amines) is 1. The SMILES string of the molecule is COc1ccc2c(c1)CCCC2CC(=O)N1CCC(C(=O)N2CCOCC2)CC1. The predicted octanol–water partition coefficient (Wildman–Crippen LogP) is 2.60. The van der Waals surface area contributed by atoms with Crippen LogP contribution in [0.15, 0.2) is 18.2 Å². The number of ether oxygens (including phenoxy) is 2. The first-order chi connectivity index (χ1) is 14.2. The highest BCUT2D eigenvalue weighted by molar-refractivity contribution is 5.80. The van der Waals surface area contributed by atoms with E-state index in [-0.39, 0.29) is 17.7 Å². The fraction of sp³-hybridized carbons (Fsp3) is 0.652. The molecule has 0 saturated carbocycles. The van der Waals surface area contributed by atoms with Crippen LogP contribution >= 0.6 is 0 Å². The van der Waals surface area contributed by atoms with Gasteiger partial charge in [0.2, 0.25) is 11.8 Å². The zero-order valence-electron chi connectivity index (χ0n) is 17.4. The van der Waals surface area contributed by atoms with Crippen molar-refractivity contribution in [3.63, 3.8) is 0 Å². The number of amides is 2. The molecule has 1 aliphatic carbocycles. The highest BCUT2D eigenvalue weighted by Gasteiger charge is 2.32. The van der Waals surface area contributed by atoms with E-state index in [1.807, 2.05) is 15.9 Å². The molecule has 1 atom stereocenters. The lowest BCUT2D eigenvalue weighted by Gasteiger charge is -2.36. The van der Waals surface area contributed by atoms with Crippen LogP contribution in [0.2, 0.25) is 0 Å². The van der Waals surface area contributed by atoms with E-state index in [2.05, 4.69) is 12.1 Å². The van der Waals surface area contributed by atoms with Gasteiger partial charge in [-0.15, -0.1) is 0 Å². The molecule has 1 unspecified atom stereocenters. The maximum Gasteiger partial charge on any atom is 0.225 e. The molecule has 0 N–H and O–H groups in total. The maximum absolute atomic E-state index is 13.0. The highest BCUT2D eigenvalue weighted by Crippen LogP contribution is 2.36. The van der Waals surface area contributed by atoms with Crippen LogP contribution in [0.25, 0.3) is 0 Å². The van der Waals surface area contributed by atoms with Crippen LogP contribution in [-0.4, -0.2) is 68.1 Å². The average Bonchev–Trinajstić information content (AvgIpc) is 2.79. The van der Waals surface area contributed by atoms with Gasteiger partial charge in [0.15, 0.2) is 0 Å². The number of rotatable bonds is 4. The third-order valence-electron chi connectivity index (χ3n) is 6.73. The summed E-state index contributed by atoms with van der Waals surface area (Å²) in [5.74, 6) is 1.72. The average molecular weight is 401 g/mol. The van der Waals surface area contributed by atoms with Gasteiger partial charge < -0.3 is 19.3 Å². The minimum absolute atomic E-state index is 0.0556. The Hall–Kier alpha value is -2.08. The summed E-state index contributed by atoms with van der Waals surface area (Å²) in [6, 6.07) is 6.26. The molecule has 2 saturated heterocycles. The van der Waals surface area contributed by atoms with E-state index in [1.54, 1.807) is 7.11 Å². The fourth-order valence-corrected chi connectivity index (χ4v) is 4.99. The van der Waals surface area contributed by atoms with E-state index in [0.29, 0.717) is 51.7 Å². The number of carbonyl (C=O) groups is 2.